The van der Waals surface area contributed by atoms with E-state index in [9.17, 15) is 18.0 Å². The molecule has 0 aromatic heterocycles. The lowest BCUT2D eigenvalue weighted by atomic mass is 10.0. The molecule has 0 unspecified atom stereocenters. The summed E-state index contributed by atoms with van der Waals surface area (Å²) in [6.07, 6.45) is -0.541. The molecule has 11 heavy (non-hydrogen) atoms. The lowest BCUT2D eigenvalue weighted by molar-refractivity contribution is -0.128. The quantitative estimate of drug-likeness (QED) is 0.529. The third kappa shape index (κ3) is 1.69. The Kier molecular flexibility index (Phi) is 1.85. The molecule has 1 radical (unpaired) electrons. The molecule has 1 nitrogen and oxygen atoms in total. The Morgan fingerprint density at radius 3 is 2.45 bits per heavy atom. The second kappa shape index (κ2) is 2.53. The smallest absolute Gasteiger partial charge is 0.294 e. The molecule has 0 fully saturated rings. The Morgan fingerprint density at radius 1 is 1.45 bits per heavy atom. The molecule has 0 aliphatic heterocycles. The van der Waals surface area contributed by atoms with Gasteiger partial charge in [0.25, 0.3) is 0 Å². The molecule has 0 saturated carbocycles. The van der Waals surface area contributed by atoms with E-state index >= 15 is 0 Å². The van der Waals surface area contributed by atoms with Crippen LogP contribution in [0.1, 0.15) is 6.42 Å². The van der Waals surface area contributed by atoms with Gasteiger partial charge in [-0.25, -0.2) is 0 Å². The Labute approximate surface area is 61.2 Å². The second-order valence-corrected chi connectivity index (χ2v) is 2.05. The predicted octanol–water partition coefficient (Wildman–Crippen LogP) is 1.81. The van der Waals surface area contributed by atoms with Crippen LogP contribution in [-0.2, 0) is 4.79 Å². The molecule has 0 aromatic rings. The summed E-state index contributed by atoms with van der Waals surface area (Å²) in [5.41, 5.74) is -1.11. The molecule has 4 heteroatoms. The van der Waals surface area contributed by atoms with Crippen molar-refractivity contribution in [2.75, 3.05) is 0 Å². The van der Waals surface area contributed by atoms with Gasteiger partial charge in [0.05, 0.1) is 5.57 Å². The SMILES string of the molecule is O=C1CC=[C]C=C1C(F)(F)F. The zero-order valence-corrected chi connectivity index (χ0v) is 5.40. The first-order chi connectivity index (χ1) is 5.02. The van der Waals surface area contributed by atoms with Gasteiger partial charge < -0.3 is 0 Å². The highest BCUT2D eigenvalue weighted by molar-refractivity contribution is 5.98. The highest BCUT2D eigenvalue weighted by Crippen LogP contribution is 2.28. The van der Waals surface area contributed by atoms with Crippen LogP contribution in [0.4, 0.5) is 13.2 Å². The summed E-state index contributed by atoms with van der Waals surface area (Å²) in [7, 11) is 0. The minimum Gasteiger partial charge on any atom is -0.294 e. The van der Waals surface area contributed by atoms with E-state index < -0.39 is 17.5 Å². The number of ketones is 1. The second-order valence-electron chi connectivity index (χ2n) is 2.05. The van der Waals surface area contributed by atoms with Crippen molar-refractivity contribution >= 4 is 5.78 Å². The Balaban J connectivity index is 2.93. The molecule has 1 rings (SSSR count). The standard InChI is InChI=1S/C7H4F3O/c8-7(9,10)5-3-1-2-4-6(5)11/h2-3H,4H2. The molecular formula is C7H4F3O. The van der Waals surface area contributed by atoms with E-state index in [2.05, 4.69) is 6.08 Å². The van der Waals surface area contributed by atoms with Crippen LogP contribution in [0.5, 0.6) is 0 Å². The maximum Gasteiger partial charge on any atom is 0.419 e. The van der Waals surface area contributed by atoms with E-state index in [1.807, 2.05) is 0 Å². The fourth-order valence-electron chi connectivity index (χ4n) is 0.724. The summed E-state index contributed by atoms with van der Waals surface area (Å²) in [6.45, 7) is 0. The fraction of sp³-hybridized carbons (Fsp3) is 0.286. The van der Waals surface area contributed by atoms with Gasteiger partial charge in [-0.3, -0.25) is 4.79 Å². The average Bonchev–Trinajstić information content (AvgIpc) is 1.86. The molecule has 0 saturated heterocycles. The van der Waals surface area contributed by atoms with Crippen molar-refractivity contribution in [3.63, 3.8) is 0 Å². The van der Waals surface area contributed by atoms with Crippen LogP contribution in [0.2, 0.25) is 0 Å². The van der Waals surface area contributed by atoms with E-state index in [4.69, 9.17) is 0 Å². The third-order valence-corrected chi connectivity index (χ3v) is 1.24. The van der Waals surface area contributed by atoms with Crippen LogP contribution >= 0.6 is 0 Å². The third-order valence-electron chi connectivity index (χ3n) is 1.24. The van der Waals surface area contributed by atoms with Crippen molar-refractivity contribution in [1.82, 2.24) is 0 Å². The summed E-state index contributed by atoms with van der Waals surface area (Å²) in [6, 6.07) is 0. The van der Waals surface area contributed by atoms with Gasteiger partial charge >= 0.3 is 6.18 Å². The molecular weight excluding hydrogens is 157 g/mol. The number of hydrogen-bond donors (Lipinski definition) is 0. The van der Waals surface area contributed by atoms with E-state index in [-0.39, 0.29) is 6.42 Å². The Morgan fingerprint density at radius 2 is 2.09 bits per heavy atom. The Bertz CT molecular complexity index is 235. The number of carbonyl (C=O) groups excluding carboxylic acids is 1. The van der Waals surface area contributed by atoms with Crippen molar-refractivity contribution in [3.05, 3.63) is 23.8 Å². The number of Topliss-reactive ketones (excluding diaryl/α,β-unsaturated/α-hetero) is 1. The summed E-state index contributed by atoms with van der Waals surface area (Å²) in [5.74, 6) is -0.892. The van der Waals surface area contributed by atoms with Crippen LogP contribution in [0.25, 0.3) is 0 Å². The molecule has 0 amide bonds. The Hall–Kier alpha value is -1.06. The van der Waals surface area contributed by atoms with Crippen LogP contribution in [0, 0.1) is 6.08 Å². The van der Waals surface area contributed by atoms with E-state index in [1.165, 1.54) is 6.08 Å². The molecule has 0 heterocycles. The number of hydrogen-bond acceptors (Lipinski definition) is 1. The van der Waals surface area contributed by atoms with Gasteiger partial charge in [-0.1, -0.05) is 6.08 Å². The molecule has 1 aliphatic carbocycles. The molecule has 0 atom stereocenters. The monoisotopic (exact) mass is 161 g/mol. The zero-order chi connectivity index (χ0) is 8.48. The van der Waals surface area contributed by atoms with E-state index in [0.717, 1.165) is 0 Å². The molecule has 0 aromatic carbocycles. The van der Waals surface area contributed by atoms with Gasteiger partial charge in [-0.15, -0.1) is 0 Å². The van der Waals surface area contributed by atoms with Crippen LogP contribution < -0.4 is 0 Å². The van der Waals surface area contributed by atoms with Crippen LogP contribution in [0.3, 0.4) is 0 Å². The number of halogens is 3. The van der Waals surface area contributed by atoms with Gasteiger partial charge in [-0.05, 0) is 12.2 Å². The van der Waals surface area contributed by atoms with Crippen LogP contribution in [0.15, 0.2) is 17.7 Å². The maximum absolute atomic E-state index is 11.8. The average molecular weight is 161 g/mol. The lowest BCUT2D eigenvalue weighted by Gasteiger charge is -2.10. The topological polar surface area (TPSA) is 17.1 Å². The highest BCUT2D eigenvalue weighted by atomic mass is 19.4. The molecule has 59 valence electrons. The van der Waals surface area contributed by atoms with Gasteiger partial charge in [0.2, 0.25) is 0 Å². The molecule has 0 N–H and O–H groups in total. The summed E-state index contributed by atoms with van der Waals surface area (Å²) >= 11 is 0. The molecule has 0 bridgehead atoms. The van der Waals surface area contributed by atoms with Gasteiger partial charge in [0.15, 0.2) is 5.78 Å². The normalized spacial score (nSPS) is 18.5. The summed E-state index contributed by atoms with van der Waals surface area (Å²) < 4.78 is 35.5. The first kappa shape index (κ1) is 8.04. The largest absolute Gasteiger partial charge is 0.419 e. The molecule has 1 aliphatic rings. The maximum atomic E-state index is 11.8. The predicted molar refractivity (Wildman–Crippen MR) is 31.6 cm³/mol. The zero-order valence-electron chi connectivity index (χ0n) is 5.40. The van der Waals surface area contributed by atoms with Crippen molar-refractivity contribution in [2.24, 2.45) is 0 Å². The summed E-state index contributed by atoms with van der Waals surface area (Å²) in [4.78, 5) is 10.6. The molecule has 0 spiro atoms. The number of alkyl halides is 3. The number of carbonyl (C=O) groups is 1. The number of rotatable bonds is 0. The first-order valence-corrected chi connectivity index (χ1v) is 2.90. The van der Waals surface area contributed by atoms with Crippen molar-refractivity contribution in [3.8, 4) is 0 Å². The van der Waals surface area contributed by atoms with Gasteiger partial charge in [-0.2, -0.15) is 13.2 Å². The van der Waals surface area contributed by atoms with Crippen LogP contribution in [-0.4, -0.2) is 12.0 Å². The highest BCUT2D eigenvalue weighted by Gasteiger charge is 2.37. The lowest BCUT2D eigenvalue weighted by Crippen LogP contribution is -2.20. The minimum absolute atomic E-state index is 0.203. The number of allylic oxidation sites excluding steroid dienone is 4. The van der Waals surface area contributed by atoms with Crippen molar-refractivity contribution in [2.45, 2.75) is 12.6 Å². The van der Waals surface area contributed by atoms with E-state index in [1.54, 1.807) is 0 Å². The fourth-order valence-corrected chi connectivity index (χ4v) is 0.724. The van der Waals surface area contributed by atoms with Crippen molar-refractivity contribution < 1.29 is 18.0 Å². The van der Waals surface area contributed by atoms with E-state index in [0.29, 0.717) is 6.08 Å². The summed E-state index contributed by atoms with van der Waals surface area (Å²) in [5, 5.41) is 0. The van der Waals surface area contributed by atoms with Gasteiger partial charge in [0, 0.05) is 6.42 Å². The van der Waals surface area contributed by atoms with Gasteiger partial charge in [0.1, 0.15) is 0 Å². The first-order valence-electron chi connectivity index (χ1n) is 2.90. The van der Waals surface area contributed by atoms with Crippen molar-refractivity contribution in [1.29, 1.82) is 0 Å². The minimum atomic E-state index is -4.53.